The van der Waals surface area contributed by atoms with Crippen LogP contribution in [0.3, 0.4) is 0 Å². The van der Waals surface area contributed by atoms with Gasteiger partial charge in [0, 0.05) is 31.4 Å². The summed E-state index contributed by atoms with van der Waals surface area (Å²) in [5.41, 5.74) is 0. The zero-order chi connectivity index (χ0) is 13.8. The molecule has 2 amide bonds. The molecule has 1 aliphatic rings. The van der Waals surface area contributed by atoms with Gasteiger partial charge in [-0.05, 0) is 23.8 Å². The van der Waals surface area contributed by atoms with Crippen LogP contribution in [0.15, 0.2) is 17.5 Å². The number of amides is 2. The lowest BCUT2D eigenvalue weighted by atomic mass is 10.1. The van der Waals surface area contributed by atoms with E-state index < -0.39 is 5.97 Å². The minimum Gasteiger partial charge on any atom is -0.481 e. The lowest BCUT2D eigenvalue weighted by Crippen LogP contribution is -2.39. The van der Waals surface area contributed by atoms with E-state index >= 15 is 0 Å². The standard InChI is InChI=1S/C13H18N2O3S/c1-14(9-11-3-2-6-19-11)13(18)15-5-4-10(8-15)7-12(16)17/h2-3,6,10H,4-5,7-9H2,1H3,(H,16,17). The first-order chi connectivity index (χ1) is 9.06. The molecule has 19 heavy (non-hydrogen) atoms. The fourth-order valence-corrected chi connectivity index (χ4v) is 3.12. The van der Waals surface area contributed by atoms with Crippen LogP contribution in [0, 0.1) is 5.92 Å². The Labute approximate surface area is 116 Å². The highest BCUT2D eigenvalue weighted by molar-refractivity contribution is 7.09. The Morgan fingerprint density at radius 1 is 1.58 bits per heavy atom. The van der Waals surface area contributed by atoms with E-state index in [2.05, 4.69) is 0 Å². The molecule has 1 N–H and O–H groups in total. The molecule has 1 saturated heterocycles. The second kappa shape index (κ2) is 6.06. The molecule has 1 aliphatic heterocycles. The maximum atomic E-state index is 12.2. The van der Waals surface area contributed by atoms with Crippen LogP contribution in [-0.2, 0) is 11.3 Å². The molecule has 0 aliphatic carbocycles. The van der Waals surface area contributed by atoms with Gasteiger partial charge in [0.1, 0.15) is 0 Å². The van der Waals surface area contributed by atoms with E-state index in [9.17, 15) is 9.59 Å². The van der Waals surface area contributed by atoms with Gasteiger partial charge in [0.2, 0.25) is 0 Å². The van der Waals surface area contributed by atoms with Gasteiger partial charge in [-0.3, -0.25) is 4.79 Å². The smallest absolute Gasteiger partial charge is 0.320 e. The van der Waals surface area contributed by atoms with Gasteiger partial charge in [-0.1, -0.05) is 6.07 Å². The van der Waals surface area contributed by atoms with E-state index in [-0.39, 0.29) is 18.4 Å². The van der Waals surface area contributed by atoms with Gasteiger partial charge in [0.05, 0.1) is 6.54 Å². The molecular formula is C13H18N2O3S. The van der Waals surface area contributed by atoms with Gasteiger partial charge in [-0.2, -0.15) is 0 Å². The molecule has 1 atom stereocenters. The highest BCUT2D eigenvalue weighted by Crippen LogP contribution is 2.21. The summed E-state index contributed by atoms with van der Waals surface area (Å²) < 4.78 is 0. The molecule has 104 valence electrons. The fraction of sp³-hybridized carbons (Fsp3) is 0.538. The van der Waals surface area contributed by atoms with Crippen molar-refractivity contribution in [3.05, 3.63) is 22.4 Å². The molecule has 0 bridgehead atoms. The quantitative estimate of drug-likeness (QED) is 0.920. The first kappa shape index (κ1) is 13.9. The number of carboxylic acids is 1. The number of likely N-dealkylation sites (tertiary alicyclic amines) is 1. The fourth-order valence-electron chi connectivity index (χ4n) is 2.37. The number of aliphatic carboxylic acids is 1. The van der Waals surface area contributed by atoms with E-state index in [4.69, 9.17) is 5.11 Å². The molecule has 2 rings (SSSR count). The van der Waals surface area contributed by atoms with Gasteiger partial charge >= 0.3 is 12.0 Å². The normalized spacial score (nSPS) is 18.6. The van der Waals surface area contributed by atoms with Crippen molar-refractivity contribution >= 4 is 23.3 Å². The molecule has 5 nitrogen and oxygen atoms in total. The minimum absolute atomic E-state index is 0.0127. The van der Waals surface area contributed by atoms with Crippen LogP contribution in [-0.4, -0.2) is 47.0 Å². The summed E-state index contributed by atoms with van der Waals surface area (Å²) in [6.07, 6.45) is 0.934. The van der Waals surface area contributed by atoms with Crippen LogP contribution in [0.5, 0.6) is 0 Å². The van der Waals surface area contributed by atoms with Gasteiger partial charge < -0.3 is 14.9 Å². The summed E-state index contributed by atoms with van der Waals surface area (Å²) in [6.45, 7) is 1.82. The van der Waals surface area contributed by atoms with Crippen molar-refractivity contribution in [3.63, 3.8) is 0 Å². The van der Waals surface area contributed by atoms with Crippen molar-refractivity contribution in [1.29, 1.82) is 0 Å². The Morgan fingerprint density at radius 3 is 3.00 bits per heavy atom. The van der Waals surface area contributed by atoms with Crippen molar-refractivity contribution in [2.45, 2.75) is 19.4 Å². The van der Waals surface area contributed by atoms with Crippen LogP contribution < -0.4 is 0 Å². The summed E-state index contributed by atoms with van der Waals surface area (Å²) >= 11 is 1.63. The highest BCUT2D eigenvalue weighted by Gasteiger charge is 2.29. The summed E-state index contributed by atoms with van der Waals surface area (Å²) in [7, 11) is 1.78. The lowest BCUT2D eigenvalue weighted by molar-refractivity contribution is -0.138. The Morgan fingerprint density at radius 2 is 2.37 bits per heavy atom. The topological polar surface area (TPSA) is 60.9 Å². The molecule has 0 aromatic carbocycles. The highest BCUT2D eigenvalue weighted by atomic mass is 32.1. The maximum Gasteiger partial charge on any atom is 0.320 e. The van der Waals surface area contributed by atoms with Crippen molar-refractivity contribution in [3.8, 4) is 0 Å². The van der Waals surface area contributed by atoms with E-state index in [0.717, 1.165) is 11.3 Å². The van der Waals surface area contributed by atoms with Crippen molar-refractivity contribution in [2.75, 3.05) is 20.1 Å². The Kier molecular flexibility index (Phi) is 4.42. The third kappa shape index (κ3) is 3.70. The van der Waals surface area contributed by atoms with Crippen molar-refractivity contribution in [2.24, 2.45) is 5.92 Å². The van der Waals surface area contributed by atoms with Gasteiger partial charge in [-0.25, -0.2) is 4.79 Å². The molecule has 1 fully saturated rings. The zero-order valence-electron chi connectivity index (χ0n) is 10.9. The minimum atomic E-state index is -0.786. The molecule has 2 heterocycles. The lowest BCUT2D eigenvalue weighted by Gasteiger charge is -2.24. The van der Waals surface area contributed by atoms with E-state index in [1.807, 2.05) is 17.5 Å². The van der Waals surface area contributed by atoms with E-state index in [0.29, 0.717) is 19.6 Å². The second-order valence-corrected chi connectivity index (χ2v) is 5.95. The van der Waals surface area contributed by atoms with Crippen LogP contribution in [0.2, 0.25) is 0 Å². The summed E-state index contributed by atoms with van der Waals surface area (Å²) in [4.78, 5) is 27.5. The Hall–Kier alpha value is -1.56. The Balaban J connectivity index is 1.85. The van der Waals surface area contributed by atoms with Crippen LogP contribution in [0.25, 0.3) is 0 Å². The van der Waals surface area contributed by atoms with Gasteiger partial charge in [0.25, 0.3) is 0 Å². The molecule has 0 radical (unpaired) electrons. The van der Waals surface area contributed by atoms with E-state index in [1.54, 1.807) is 28.2 Å². The summed E-state index contributed by atoms with van der Waals surface area (Å²) in [5, 5.41) is 10.8. The van der Waals surface area contributed by atoms with Crippen molar-refractivity contribution in [1.82, 2.24) is 9.80 Å². The molecule has 1 aromatic heterocycles. The molecule has 0 saturated carbocycles. The average Bonchev–Trinajstić information content (AvgIpc) is 2.98. The number of nitrogens with zero attached hydrogens (tertiary/aromatic N) is 2. The molecular weight excluding hydrogens is 264 g/mol. The number of carbonyl (C=O) groups excluding carboxylic acids is 1. The number of carbonyl (C=O) groups is 2. The molecule has 6 heteroatoms. The predicted molar refractivity (Wildman–Crippen MR) is 73.1 cm³/mol. The monoisotopic (exact) mass is 282 g/mol. The number of rotatable bonds is 4. The van der Waals surface area contributed by atoms with Gasteiger partial charge in [0.15, 0.2) is 0 Å². The van der Waals surface area contributed by atoms with Crippen LogP contribution in [0.1, 0.15) is 17.7 Å². The predicted octanol–water partition coefficient (Wildman–Crippen LogP) is 2.10. The number of carboxylic acid groups (broad SMARTS) is 1. The van der Waals surface area contributed by atoms with Crippen LogP contribution >= 0.6 is 11.3 Å². The molecule has 1 aromatic rings. The third-order valence-corrected chi connectivity index (χ3v) is 4.18. The summed E-state index contributed by atoms with van der Waals surface area (Å²) in [5.74, 6) is -0.692. The number of thiophene rings is 1. The number of hydrogen-bond acceptors (Lipinski definition) is 3. The Bertz CT molecular complexity index is 447. The molecule has 1 unspecified atom stereocenters. The summed E-state index contributed by atoms with van der Waals surface area (Å²) in [6, 6.07) is 3.96. The number of hydrogen-bond donors (Lipinski definition) is 1. The number of urea groups is 1. The van der Waals surface area contributed by atoms with Crippen LogP contribution in [0.4, 0.5) is 4.79 Å². The van der Waals surface area contributed by atoms with E-state index in [1.165, 1.54) is 0 Å². The van der Waals surface area contributed by atoms with Gasteiger partial charge in [-0.15, -0.1) is 11.3 Å². The second-order valence-electron chi connectivity index (χ2n) is 4.92. The molecule has 0 spiro atoms. The SMILES string of the molecule is CN(Cc1cccs1)C(=O)N1CCC(CC(=O)O)C1. The first-order valence-corrected chi connectivity index (χ1v) is 7.18. The van der Waals surface area contributed by atoms with Crippen molar-refractivity contribution < 1.29 is 14.7 Å². The first-order valence-electron chi connectivity index (χ1n) is 6.30. The average molecular weight is 282 g/mol. The zero-order valence-corrected chi connectivity index (χ0v) is 11.7. The third-order valence-electron chi connectivity index (χ3n) is 3.32. The maximum absolute atomic E-state index is 12.2. The largest absolute Gasteiger partial charge is 0.481 e.